The second kappa shape index (κ2) is 12.9. The van der Waals surface area contributed by atoms with Crippen LogP contribution in [0.25, 0.3) is 6.08 Å². The van der Waals surface area contributed by atoms with Crippen molar-refractivity contribution in [2.24, 2.45) is 0 Å². The lowest BCUT2D eigenvalue weighted by molar-refractivity contribution is -0.127. The largest absolute Gasteiger partial charge is 0.490 e. The summed E-state index contributed by atoms with van der Waals surface area (Å²) in [5.41, 5.74) is 1.59. The Labute approximate surface area is 246 Å². The number of halogens is 4. The summed E-state index contributed by atoms with van der Waals surface area (Å²) in [6.45, 7) is 1.87. The Morgan fingerprint density at radius 3 is 2.62 bits per heavy atom. The average molecular weight is 654 g/mol. The molecule has 3 amide bonds. The molecule has 1 saturated heterocycles. The van der Waals surface area contributed by atoms with E-state index in [1.54, 1.807) is 30.3 Å². The molecular weight excluding hydrogens is 634 g/mol. The Morgan fingerprint density at radius 1 is 1.10 bits per heavy atom. The van der Waals surface area contributed by atoms with Gasteiger partial charge in [-0.15, -0.1) is 0 Å². The third kappa shape index (κ3) is 7.33. The van der Waals surface area contributed by atoms with E-state index < -0.39 is 29.4 Å². The number of anilines is 1. The van der Waals surface area contributed by atoms with Crippen molar-refractivity contribution < 1.29 is 28.2 Å². The molecule has 0 unspecified atom stereocenters. The van der Waals surface area contributed by atoms with Gasteiger partial charge in [-0.1, -0.05) is 35.3 Å². The van der Waals surface area contributed by atoms with Gasteiger partial charge in [0, 0.05) is 5.69 Å². The highest BCUT2D eigenvalue weighted by atomic mass is 79.9. The molecule has 0 aromatic heterocycles. The summed E-state index contributed by atoms with van der Waals surface area (Å²) in [6, 6.07) is 13.9. The molecule has 1 heterocycles. The minimum Gasteiger partial charge on any atom is -0.490 e. The van der Waals surface area contributed by atoms with Gasteiger partial charge < -0.3 is 14.8 Å². The van der Waals surface area contributed by atoms with Crippen LogP contribution < -0.4 is 14.8 Å². The van der Waals surface area contributed by atoms with E-state index in [4.69, 9.17) is 32.7 Å². The first-order chi connectivity index (χ1) is 18.6. The van der Waals surface area contributed by atoms with Gasteiger partial charge >= 0.3 is 0 Å². The van der Waals surface area contributed by atoms with Gasteiger partial charge in [0.15, 0.2) is 11.5 Å². The number of rotatable bonds is 9. The van der Waals surface area contributed by atoms with E-state index in [0.29, 0.717) is 49.9 Å². The average Bonchev–Trinajstić information content (AvgIpc) is 3.13. The SMILES string of the molecule is CCOc1cc(/C=C2/SC(=O)N(CC(=O)Nc3cccc(F)c3)C2=O)cc(Br)c1OCc1ccc(Cl)c(Cl)c1. The fraction of sp³-hybridized carbons (Fsp3) is 0.148. The first-order valence-electron chi connectivity index (χ1n) is 11.5. The summed E-state index contributed by atoms with van der Waals surface area (Å²) in [5.74, 6) is -0.901. The monoisotopic (exact) mass is 652 g/mol. The Morgan fingerprint density at radius 2 is 1.90 bits per heavy atom. The fourth-order valence-corrected chi connectivity index (χ4v) is 5.29. The van der Waals surface area contributed by atoms with Crippen LogP contribution in [-0.2, 0) is 16.2 Å². The van der Waals surface area contributed by atoms with Gasteiger partial charge in [0.05, 0.1) is 26.0 Å². The summed E-state index contributed by atoms with van der Waals surface area (Å²) in [7, 11) is 0. The number of hydrogen-bond acceptors (Lipinski definition) is 6. The van der Waals surface area contributed by atoms with E-state index in [1.165, 1.54) is 24.3 Å². The van der Waals surface area contributed by atoms with Crippen LogP contribution in [0.4, 0.5) is 14.9 Å². The van der Waals surface area contributed by atoms with Gasteiger partial charge in [-0.3, -0.25) is 19.3 Å². The minimum atomic E-state index is -0.631. The normalized spacial score (nSPS) is 14.2. The molecule has 39 heavy (non-hydrogen) atoms. The standard InChI is InChI=1S/C27H20BrCl2FN2O5S/c1-2-37-22-10-16(8-19(28)25(22)38-14-15-6-7-20(29)21(30)9-15)11-23-26(35)33(27(36)39-23)13-24(34)32-18-5-3-4-17(31)12-18/h3-12H,2,13-14H2,1H3,(H,32,34)/b23-11+. The molecule has 1 N–H and O–H groups in total. The number of ether oxygens (including phenoxy) is 2. The molecule has 1 aliphatic rings. The lowest BCUT2D eigenvalue weighted by atomic mass is 10.1. The van der Waals surface area contributed by atoms with Crippen molar-refractivity contribution >= 4 is 79.7 Å². The van der Waals surface area contributed by atoms with Crippen LogP contribution in [0.15, 0.2) is 64.0 Å². The zero-order chi connectivity index (χ0) is 28.1. The molecule has 3 aromatic rings. The third-order valence-corrected chi connectivity index (χ3v) is 7.52. The van der Waals surface area contributed by atoms with Gasteiger partial charge in [-0.25, -0.2) is 4.39 Å². The Balaban J connectivity index is 1.49. The number of carbonyl (C=O) groups is 3. The molecule has 1 fully saturated rings. The Bertz CT molecular complexity index is 1490. The maximum absolute atomic E-state index is 13.4. The highest BCUT2D eigenvalue weighted by Crippen LogP contribution is 2.40. The van der Waals surface area contributed by atoms with Gasteiger partial charge in [0.1, 0.15) is 19.0 Å². The molecule has 12 heteroatoms. The number of benzene rings is 3. The van der Waals surface area contributed by atoms with E-state index in [-0.39, 0.29) is 17.2 Å². The highest BCUT2D eigenvalue weighted by Gasteiger charge is 2.36. The molecule has 1 aliphatic heterocycles. The van der Waals surface area contributed by atoms with Crippen molar-refractivity contribution in [3.05, 3.63) is 91.0 Å². The van der Waals surface area contributed by atoms with Crippen molar-refractivity contribution in [3.8, 4) is 11.5 Å². The number of thioether (sulfide) groups is 1. The van der Waals surface area contributed by atoms with Gasteiger partial charge in [0.2, 0.25) is 5.91 Å². The second-order valence-electron chi connectivity index (χ2n) is 8.13. The second-order valence-corrected chi connectivity index (χ2v) is 10.8. The quantitative estimate of drug-likeness (QED) is 0.240. The van der Waals surface area contributed by atoms with Crippen molar-refractivity contribution in [2.75, 3.05) is 18.5 Å². The van der Waals surface area contributed by atoms with Crippen LogP contribution in [-0.4, -0.2) is 35.1 Å². The van der Waals surface area contributed by atoms with Crippen LogP contribution in [0.3, 0.4) is 0 Å². The number of imide groups is 1. The lowest BCUT2D eigenvalue weighted by Gasteiger charge is -2.15. The molecule has 0 bridgehead atoms. The third-order valence-electron chi connectivity index (χ3n) is 5.28. The van der Waals surface area contributed by atoms with Gasteiger partial charge in [-0.2, -0.15) is 0 Å². The summed E-state index contributed by atoms with van der Waals surface area (Å²) in [5, 5.41) is 2.74. The predicted octanol–water partition coefficient (Wildman–Crippen LogP) is 7.55. The van der Waals surface area contributed by atoms with E-state index in [2.05, 4.69) is 21.2 Å². The smallest absolute Gasteiger partial charge is 0.294 e. The van der Waals surface area contributed by atoms with Gasteiger partial charge in [-0.05, 0) is 94.3 Å². The molecule has 0 aliphatic carbocycles. The van der Waals surface area contributed by atoms with Crippen LogP contribution in [0.2, 0.25) is 10.0 Å². The molecular formula is C27H20BrCl2FN2O5S. The molecule has 7 nitrogen and oxygen atoms in total. The van der Waals surface area contributed by atoms with Crippen LogP contribution in [0.1, 0.15) is 18.1 Å². The number of nitrogens with zero attached hydrogens (tertiary/aromatic N) is 1. The van der Waals surface area contributed by atoms with E-state index in [1.807, 2.05) is 6.92 Å². The molecule has 3 aromatic carbocycles. The molecule has 202 valence electrons. The van der Waals surface area contributed by atoms with Crippen LogP contribution in [0, 0.1) is 5.82 Å². The van der Waals surface area contributed by atoms with E-state index in [9.17, 15) is 18.8 Å². The Hall–Kier alpha value is -3.05. The zero-order valence-corrected chi connectivity index (χ0v) is 24.2. The predicted molar refractivity (Wildman–Crippen MR) is 154 cm³/mol. The summed E-state index contributed by atoms with van der Waals surface area (Å²) < 4.78 is 25.7. The summed E-state index contributed by atoms with van der Waals surface area (Å²) >= 11 is 16.3. The van der Waals surface area contributed by atoms with Gasteiger partial charge in [0.25, 0.3) is 11.1 Å². The molecule has 0 saturated carbocycles. The maximum Gasteiger partial charge on any atom is 0.294 e. The fourth-order valence-electron chi connectivity index (χ4n) is 3.56. The minimum absolute atomic E-state index is 0.136. The first-order valence-corrected chi connectivity index (χ1v) is 13.8. The highest BCUT2D eigenvalue weighted by molar-refractivity contribution is 9.10. The molecule has 0 radical (unpaired) electrons. The van der Waals surface area contributed by atoms with Crippen molar-refractivity contribution in [3.63, 3.8) is 0 Å². The molecule has 0 spiro atoms. The number of carbonyl (C=O) groups excluding carboxylic acids is 3. The lowest BCUT2D eigenvalue weighted by Crippen LogP contribution is -2.36. The van der Waals surface area contributed by atoms with Crippen LogP contribution in [0.5, 0.6) is 11.5 Å². The number of amides is 3. The summed E-state index contributed by atoms with van der Waals surface area (Å²) in [6.07, 6.45) is 1.53. The number of nitrogens with one attached hydrogen (secondary N) is 1. The van der Waals surface area contributed by atoms with Crippen molar-refractivity contribution in [1.29, 1.82) is 0 Å². The maximum atomic E-state index is 13.4. The first kappa shape index (κ1) is 28.9. The van der Waals surface area contributed by atoms with Crippen molar-refractivity contribution in [1.82, 2.24) is 4.90 Å². The number of hydrogen-bond donors (Lipinski definition) is 1. The van der Waals surface area contributed by atoms with E-state index >= 15 is 0 Å². The van der Waals surface area contributed by atoms with Crippen molar-refractivity contribution in [2.45, 2.75) is 13.5 Å². The Kier molecular flexibility index (Phi) is 9.55. The molecule has 0 atom stereocenters. The topological polar surface area (TPSA) is 84.9 Å². The summed E-state index contributed by atoms with van der Waals surface area (Å²) in [4.78, 5) is 38.8. The van der Waals surface area contributed by atoms with E-state index in [0.717, 1.165) is 16.5 Å². The molecule has 4 rings (SSSR count). The zero-order valence-electron chi connectivity index (χ0n) is 20.3. The van der Waals surface area contributed by atoms with Crippen LogP contribution >= 0.6 is 50.9 Å².